The normalized spacial score (nSPS) is 55.1. The molecular formula is C46H72O19. The van der Waals surface area contributed by atoms with Crippen molar-refractivity contribution in [3.8, 4) is 0 Å². The monoisotopic (exact) mass is 928 g/mol. The Labute approximate surface area is 379 Å². The first-order valence-corrected chi connectivity index (χ1v) is 23.7. The van der Waals surface area contributed by atoms with Crippen LogP contribution in [0.5, 0.6) is 0 Å². The van der Waals surface area contributed by atoms with Gasteiger partial charge in [-0.3, -0.25) is 0 Å². The van der Waals surface area contributed by atoms with E-state index in [0.29, 0.717) is 24.7 Å². The topological polar surface area (TPSA) is 285 Å². The molecule has 1 spiro atoms. The highest BCUT2D eigenvalue weighted by Crippen LogP contribution is 2.72. The van der Waals surface area contributed by atoms with Crippen LogP contribution in [0, 0.1) is 40.4 Å². The predicted octanol–water partition coefficient (Wildman–Crippen LogP) is -1.27. The maximum atomic E-state index is 11.5. The van der Waals surface area contributed by atoms with Crippen LogP contribution < -0.4 is 0 Å². The smallest absolute Gasteiger partial charge is 0.187 e. The zero-order valence-electron chi connectivity index (χ0n) is 37.8. The third-order valence-corrected chi connectivity index (χ3v) is 17.2. The van der Waals surface area contributed by atoms with Crippen LogP contribution in [0.15, 0.2) is 23.3 Å². The van der Waals surface area contributed by atoms with Gasteiger partial charge in [-0.2, -0.15) is 0 Å². The molecule has 0 aromatic rings. The molecule has 5 heterocycles. The lowest BCUT2D eigenvalue weighted by atomic mass is 9.47. The summed E-state index contributed by atoms with van der Waals surface area (Å²) < 4.78 is 55.7. The van der Waals surface area contributed by atoms with E-state index in [4.69, 9.17) is 42.6 Å². The molecule has 0 radical (unpaired) electrons. The first-order chi connectivity index (χ1) is 31.0. The molecule has 10 N–H and O–H groups in total. The van der Waals surface area contributed by atoms with Crippen LogP contribution in [0.2, 0.25) is 0 Å². The molecule has 9 aliphatic rings. The Kier molecular flexibility index (Phi) is 14.1. The van der Waals surface area contributed by atoms with Gasteiger partial charge in [-0.05, 0) is 88.9 Å². The maximum absolute atomic E-state index is 11.5. The summed E-state index contributed by atoms with van der Waals surface area (Å²) >= 11 is 0. The van der Waals surface area contributed by atoms with Gasteiger partial charge in [0, 0.05) is 18.4 Å². The van der Waals surface area contributed by atoms with Crippen molar-refractivity contribution in [2.75, 3.05) is 26.9 Å². The van der Waals surface area contributed by atoms with E-state index in [1.54, 1.807) is 7.11 Å². The second kappa shape index (κ2) is 18.8. The number of ether oxygens (including phenoxy) is 9. The van der Waals surface area contributed by atoms with Crippen molar-refractivity contribution in [3.63, 3.8) is 0 Å². The fourth-order valence-corrected chi connectivity index (χ4v) is 14.0. The van der Waals surface area contributed by atoms with E-state index in [0.717, 1.165) is 37.7 Å². The second-order valence-corrected chi connectivity index (χ2v) is 20.9. The fraction of sp³-hybridized carbons (Fsp3) is 0.913. The van der Waals surface area contributed by atoms with E-state index >= 15 is 0 Å². The minimum absolute atomic E-state index is 0.118. The molecular weight excluding hydrogens is 856 g/mol. The lowest BCUT2D eigenvalue weighted by Crippen LogP contribution is -2.65. The number of hydrogen-bond donors (Lipinski definition) is 10. The van der Waals surface area contributed by atoms with Crippen LogP contribution in [0.3, 0.4) is 0 Å². The van der Waals surface area contributed by atoms with E-state index in [-0.39, 0.29) is 53.2 Å². The van der Waals surface area contributed by atoms with Gasteiger partial charge in [0.05, 0.1) is 50.2 Å². The van der Waals surface area contributed by atoms with Crippen LogP contribution in [-0.2, 0) is 42.6 Å². The molecule has 370 valence electrons. The van der Waals surface area contributed by atoms with Gasteiger partial charge >= 0.3 is 0 Å². The van der Waals surface area contributed by atoms with Crippen molar-refractivity contribution in [1.29, 1.82) is 0 Å². The highest BCUT2D eigenvalue weighted by Gasteiger charge is 2.74. The quantitative estimate of drug-likeness (QED) is 0.108. The molecule has 0 bridgehead atoms. The van der Waals surface area contributed by atoms with Gasteiger partial charge in [-0.25, -0.2) is 0 Å². The molecule has 0 amide bonds. The van der Waals surface area contributed by atoms with Crippen molar-refractivity contribution in [1.82, 2.24) is 0 Å². The van der Waals surface area contributed by atoms with E-state index in [1.807, 2.05) is 13.8 Å². The molecule has 19 unspecified atom stereocenters. The summed E-state index contributed by atoms with van der Waals surface area (Å²) in [6.07, 6.45) is -13.8. The number of methoxy groups -OCH3 is 1. The molecule has 4 aliphatic carbocycles. The number of aliphatic hydroxyl groups is 10. The summed E-state index contributed by atoms with van der Waals surface area (Å²) in [4.78, 5) is 0. The average molecular weight is 929 g/mol. The zero-order valence-corrected chi connectivity index (χ0v) is 37.8. The van der Waals surface area contributed by atoms with Crippen LogP contribution in [-0.4, -0.2) is 201 Å². The second-order valence-electron chi connectivity index (χ2n) is 20.9. The summed E-state index contributed by atoms with van der Waals surface area (Å²) in [6.45, 7) is 6.08. The summed E-state index contributed by atoms with van der Waals surface area (Å²) in [5, 5.41) is 107. The molecule has 19 nitrogen and oxygen atoms in total. The zero-order chi connectivity index (χ0) is 46.4. The Hall–Kier alpha value is -1.28. The third-order valence-electron chi connectivity index (χ3n) is 17.2. The van der Waals surface area contributed by atoms with Crippen molar-refractivity contribution < 1.29 is 93.7 Å². The highest BCUT2D eigenvalue weighted by atomic mass is 16.7. The molecule has 19 heteroatoms. The molecule has 0 aromatic carbocycles. The van der Waals surface area contributed by atoms with Crippen molar-refractivity contribution in [3.05, 3.63) is 23.3 Å². The van der Waals surface area contributed by atoms with Crippen molar-refractivity contribution >= 4 is 0 Å². The minimum Gasteiger partial charge on any atom is -0.394 e. The molecule has 5 saturated heterocycles. The molecule has 65 heavy (non-hydrogen) atoms. The summed E-state index contributed by atoms with van der Waals surface area (Å²) in [6, 6.07) is 0. The van der Waals surface area contributed by atoms with Gasteiger partial charge in [0.1, 0.15) is 73.2 Å². The van der Waals surface area contributed by atoms with Gasteiger partial charge < -0.3 is 93.7 Å². The van der Waals surface area contributed by atoms with Gasteiger partial charge in [0.25, 0.3) is 0 Å². The Morgan fingerprint density at radius 2 is 1.46 bits per heavy atom. The molecule has 9 rings (SSSR count). The van der Waals surface area contributed by atoms with Crippen LogP contribution in [0.4, 0.5) is 0 Å². The maximum Gasteiger partial charge on any atom is 0.187 e. The summed E-state index contributed by atoms with van der Waals surface area (Å²) in [7, 11) is 1.73. The fourth-order valence-electron chi connectivity index (χ4n) is 14.0. The van der Waals surface area contributed by atoms with E-state index in [9.17, 15) is 51.1 Å². The molecule has 5 aliphatic heterocycles. The largest absolute Gasteiger partial charge is 0.394 e. The van der Waals surface area contributed by atoms with Crippen LogP contribution >= 0.6 is 0 Å². The Balaban J connectivity index is 0.906. The standard InChI is InChI=1S/C46H72O19/c1-18(2)12-23-38-30-26(62-41(23)56)14-25-22-7-6-20-13-21(8-10-45(20,4)24(22)9-11-46(25,30)44(57-5)65-38)60-43-40(36(54)33(51)28(16-48)63-43)58-17-29-39(35(53)32(50)27(15-47)61-29)64-42-37(55)34(52)31(49)19(3)59-42/h6,12,19,21-44,47-56H,7-11,13-17H2,1-5H3/t19?,21-,22?,23?,24?,25-,26-,27?,28?,29?,30?,31?,32?,33?,34?,35?,36?,37?,38-,39?,40?,41+,42?,43?,44+,45-,46+/m0/s1. The van der Waals surface area contributed by atoms with Crippen LogP contribution in [0.25, 0.3) is 0 Å². The summed E-state index contributed by atoms with van der Waals surface area (Å²) in [5.74, 6) is 0.871. The summed E-state index contributed by atoms with van der Waals surface area (Å²) in [5.41, 5.74) is 2.04. The molecule has 27 atom stereocenters. The molecule has 0 aromatic heterocycles. The van der Waals surface area contributed by atoms with E-state index < -0.39 is 118 Å². The Morgan fingerprint density at radius 1 is 0.754 bits per heavy atom. The third kappa shape index (κ3) is 8.12. The SMILES string of the molecule is CO[C@@H]1O[C@H]2C(C=C(C)C)[C@H](O)O[C@H]3C[C@H]4C5CC=C6C[C@@H](OC7OC(CO)C(O)C(O)C7OCC7OC(CO)C(O)C(O)C7OC7OC(C)C(O)C(O)C7O)CC[C@]6(C)C5CC[C@@]14C23. The number of fused-ring (bicyclic) bond motifs is 4. The first kappa shape index (κ1) is 48.7. The first-order valence-electron chi connectivity index (χ1n) is 23.7. The Bertz CT molecular complexity index is 1730. The van der Waals surface area contributed by atoms with Gasteiger partial charge in [-0.15, -0.1) is 0 Å². The van der Waals surface area contributed by atoms with Crippen LogP contribution in [0.1, 0.15) is 72.6 Å². The number of aliphatic hydroxyl groups excluding tert-OH is 10. The lowest BCUT2D eigenvalue weighted by Gasteiger charge is -2.58. The molecule has 3 saturated carbocycles. The van der Waals surface area contributed by atoms with E-state index in [2.05, 4.69) is 19.1 Å². The van der Waals surface area contributed by atoms with Crippen molar-refractivity contribution in [2.24, 2.45) is 40.4 Å². The average Bonchev–Trinajstić information content (AvgIpc) is 3.79. The minimum atomic E-state index is -1.75. The van der Waals surface area contributed by atoms with Gasteiger partial charge in [0.2, 0.25) is 0 Å². The number of allylic oxidation sites excluding steroid dienone is 2. The van der Waals surface area contributed by atoms with Gasteiger partial charge in [-0.1, -0.05) is 30.2 Å². The number of rotatable bonds is 11. The van der Waals surface area contributed by atoms with Gasteiger partial charge in [0.15, 0.2) is 25.2 Å². The number of hydrogen-bond acceptors (Lipinski definition) is 19. The predicted molar refractivity (Wildman–Crippen MR) is 222 cm³/mol. The highest BCUT2D eigenvalue weighted by molar-refractivity contribution is 5.28. The van der Waals surface area contributed by atoms with E-state index in [1.165, 1.54) is 12.5 Å². The Morgan fingerprint density at radius 3 is 2.15 bits per heavy atom. The van der Waals surface area contributed by atoms with Crippen molar-refractivity contribution in [2.45, 2.75) is 195 Å². The lowest BCUT2D eigenvalue weighted by molar-refractivity contribution is -0.348. The molecule has 8 fully saturated rings.